The van der Waals surface area contributed by atoms with Gasteiger partial charge in [-0.1, -0.05) is 26.0 Å². The zero-order chi connectivity index (χ0) is 13.9. The van der Waals surface area contributed by atoms with Crippen molar-refractivity contribution in [1.29, 1.82) is 0 Å². The van der Waals surface area contributed by atoms with E-state index in [1.54, 1.807) is 7.11 Å². The van der Waals surface area contributed by atoms with Crippen molar-refractivity contribution in [2.75, 3.05) is 12.8 Å². The summed E-state index contributed by atoms with van der Waals surface area (Å²) >= 11 is 0. The Morgan fingerprint density at radius 1 is 1.28 bits per heavy atom. The molecule has 1 rings (SSSR count). The molecule has 0 amide bonds. The third-order valence-corrected chi connectivity index (χ3v) is 3.58. The lowest BCUT2D eigenvalue weighted by molar-refractivity contribution is 0.0371. The second-order valence-corrected chi connectivity index (χ2v) is 5.56. The van der Waals surface area contributed by atoms with Gasteiger partial charge in [-0.05, 0) is 43.8 Å². The van der Waals surface area contributed by atoms with Crippen LogP contribution >= 0.6 is 0 Å². The molecular formula is C14H24BNO2. The molecule has 3 nitrogen and oxygen atoms in total. The van der Waals surface area contributed by atoms with Gasteiger partial charge in [0.25, 0.3) is 0 Å². The fourth-order valence-electron chi connectivity index (χ4n) is 1.51. The summed E-state index contributed by atoms with van der Waals surface area (Å²) in [6.45, 7) is 10.4. The summed E-state index contributed by atoms with van der Waals surface area (Å²) in [7, 11) is 1.30. The second-order valence-electron chi connectivity index (χ2n) is 5.56. The van der Waals surface area contributed by atoms with Crippen LogP contribution in [-0.4, -0.2) is 19.8 Å². The minimum atomic E-state index is -0.360. The van der Waals surface area contributed by atoms with Crippen molar-refractivity contribution >= 4 is 18.3 Å². The van der Waals surface area contributed by atoms with E-state index >= 15 is 0 Å². The average molecular weight is 249 g/mol. The zero-order valence-electron chi connectivity index (χ0n) is 12.3. The minimum absolute atomic E-state index is 0.240. The molecule has 0 unspecified atom stereocenters. The quantitative estimate of drug-likeness (QED) is 0.643. The Bertz CT molecular complexity index is 405. The van der Waals surface area contributed by atoms with E-state index in [0.717, 1.165) is 16.7 Å². The van der Waals surface area contributed by atoms with Gasteiger partial charge in [0, 0.05) is 12.8 Å². The standard InChI is InChI=1S/C14H24BNO2/c1-10(2)14(4,5)18-15(17-6)12-7-8-13(16)11(3)9-12/h7-10H,16H2,1-6H3. The van der Waals surface area contributed by atoms with Crippen LogP contribution in [0.1, 0.15) is 33.3 Å². The first kappa shape index (κ1) is 15.1. The van der Waals surface area contributed by atoms with Crippen molar-refractivity contribution in [1.82, 2.24) is 0 Å². The molecule has 0 aliphatic carbocycles. The Labute approximate surface area is 111 Å². The molecule has 0 saturated heterocycles. The number of aryl methyl sites for hydroxylation is 1. The van der Waals surface area contributed by atoms with E-state index in [1.165, 1.54) is 0 Å². The third kappa shape index (κ3) is 3.50. The van der Waals surface area contributed by atoms with Gasteiger partial charge in [-0.15, -0.1) is 0 Å². The molecule has 0 radical (unpaired) electrons. The van der Waals surface area contributed by atoms with E-state index in [2.05, 4.69) is 27.7 Å². The molecule has 18 heavy (non-hydrogen) atoms. The second kappa shape index (κ2) is 5.76. The molecule has 0 aromatic heterocycles. The topological polar surface area (TPSA) is 44.5 Å². The third-order valence-electron chi connectivity index (χ3n) is 3.58. The van der Waals surface area contributed by atoms with Gasteiger partial charge in [0.15, 0.2) is 0 Å². The molecule has 0 aliphatic rings. The summed E-state index contributed by atoms with van der Waals surface area (Å²) in [6.07, 6.45) is 0. The molecule has 1 aromatic carbocycles. The Balaban J connectivity index is 2.93. The van der Waals surface area contributed by atoms with Gasteiger partial charge in [-0.3, -0.25) is 0 Å². The van der Waals surface area contributed by atoms with Crippen molar-refractivity contribution < 1.29 is 9.31 Å². The summed E-state index contributed by atoms with van der Waals surface area (Å²) in [5.74, 6) is 0.407. The minimum Gasteiger partial charge on any atom is -0.410 e. The molecule has 4 heteroatoms. The summed E-state index contributed by atoms with van der Waals surface area (Å²) in [6, 6.07) is 5.86. The largest absolute Gasteiger partial charge is 0.494 e. The predicted octanol–water partition coefficient (Wildman–Crippen LogP) is 2.37. The molecule has 0 spiro atoms. The van der Waals surface area contributed by atoms with Crippen LogP contribution in [0.25, 0.3) is 0 Å². The number of benzene rings is 1. The predicted molar refractivity (Wildman–Crippen MR) is 78.0 cm³/mol. The monoisotopic (exact) mass is 249 g/mol. The highest BCUT2D eigenvalue weighted by atomic mass is 16.6. The first-order chi connectivity index (χ1) is 8.27. The fourth-order valence-corrected chi connectivity index (χ4v) is 1.51. The lowest BCUT2D eigenvalue weighted by Crippen LogP contribution is -2.45. The highest BCUT2D eigenvalue weighted by molar-refractivity contribution is 6.61. The number of nitrogen functional groups attached to an aromatic ring is 1. The van der Waals surface area contributed by atoms with Gasteiger partial charge in [0.05, 0.1) is 5.60 Å². The van der Waals surface area contributed by atoms with Crippen molar-refractivity contribution in [3.8, 4) is 0 Å². The van der Waals surface area contributed by atoms with Crippen LogP contribution in [0.15, 0.2) is 18.2 Å². The van der Waals surface area contributed by atoms with Crippen LogP contribution in [0.2, 0.25) is 0 Å². The highest BCUT2D eigenvalue weighted by Crippen LogP contribution is 2.21. The molecule has 2 N–H and O–H groups in total. The molecule has 0 bridgehead atoms. The van der Waals surface area contributed by atoms with Crippen molar-refractivity contribution in [2.24, 2.45) is 5.92 Å². The van der Waals surface area contributed by atoms with Gasteiger partial charge in [0.1, 0.15) is 0 Å². The summed E-state index contributed by atoms with van der Waals surface area (Å²) in [4.78, 5) is 0. The van der Waals surface area contributed by atoms with Crippen molar-refractivity contribution in [3.63, 3.8) is 0 Å². The van der Waals surface area contributed by atoms with Crippen LogP contribution < -0.4 is 11.2 Å². The van der Waals surface area contributed by atoms with Gasteiger partial charge in [0.2, 0.25) is 0 Å². The zero-order valence-corrected chi connectivity index (χ0v) is 12.3. The number of anilines is 1. The molecule has 0 atom stereocenters. The summed E-state index contributed by atoms with van der Waals surface area (Å²) in [5.41, 5.74) is 8.41. The van der Waals surface area contributed by atoms with E-state index < -0.39 is 0 Å². The number of hydrogen-bond donors (Lipinski definition) is 1. The van der Waals surface area contributed by atoms with Gasteiger partial charge in [-0.2, -0.15) is 0 Å². The van der Waals surface area contributed by atoms with E-state index in [4.69, 9.17) is 15.0 Å². The number of nitrogens with two attached hydrogens (primary N) is 1. The maximum absolute atomic E-state index is 6.07. The fraction of sp³-hybridized carbons (Fsp3) is 0.571. The Kier molecular flexibility index (Phi) is 4.82. The van der Waals surface area contributed by atoms with E-state index in [9.17, 15) is 0 Å². The van der Waals surface area contributed by atoms with Gasteiger partial charge < -0.3 is 15.0 Å². The Morgan fingerprint density at radius 3 is 2.33 bits per heavy atom. The van der Waals surface area contributed by atoms with Gasteiger partial charge >= 0.3 is 7.12 Å². The van der Waals surface area contributed by atoms with Crippen molar-refractivity contribution in [3.05, 3.63) is 23.8 Å². The lowest BCUT2D eigenvalue weighted by Gasteiger charge is -2.32. The number of hydrogen-bond acceptors (Lipinski definition) is 3. The Hall–Kier alpha value is -0.995. The molecule has 1 aromatic rings. The first-order valence-corrected chi connectivity index (χ1v) is 6.34. The van der Waals surface area contributed by atoms with E-state index in [1.807, 2.05) is 25.1 Å². The SMILES string of the molecule is COB(OC(C)(C)C(C)C)c1ccc(N)c(C)c1. The van der Waals surface area contributed by atoms with E-state index in [0.29, 0.717) is 5.92 Å². The van der Waals surface area contributed by atoms with Crippen LogP contribution in [-0.2, 0) is 9.31 Å². The smallest absolute Gasteiger partial charge is 0.410 e. The van der Waals surface area contributed by atoms with Crippen LogP contribution in [0, 0.1) is 12.8 Å². The van der Waals surface area contributed by atoms with Crippen LogP contribution in [0.5, 0.6) is 0 Å². The maximum Gasteiger partial charge on any atom is 0.494 e. The highest BCUT2D eigenvalue weighted by Gasteiger charge is 2.31. The van der Waals surface area contributed by atoms with E-state index in [-0.39, 0.29) is 12.7 Å². The van der Waals surface area contributed by atoms with Crippen LogP contribution in [0.4, 0.5) is 5.69 Å². The average Bonchev–Trinajstić information content (AvgIpc) is 2.29. The maximum atomic E-state index is 6.07. The first-order valence-electron chi connectivity index (χ1n) is 6.34. The molecule has 0 saturated carbocycles. The van der Waals surface area contributed by atoms with Crippen LogP contribution in [0.3, 0.4) is 0 Å². The lowest BCUT2D eigenvalue weighted by atomic mass is 9.76. The van der Waals surface area contributed by atoms with Crippen molar-refractivity contribution in [2.45, 2.75) is 40.2 Å². The number of rotatable bonds is 5. The summed E-state index contributed by atoms with van der Waals surface area (Å²) in [5, 5.41) is 0. The normalized spacial score (nSPS) is 11.9. The molecular weight excluding hydrogens is 225 g/mol. The molecule has 0 fully saturated rings. The molecule has 100 valence electrons. The molecule has 0 aliphatic heterocycles. The summed E-state index contributed by atoms with van der Waals surface area (Å²) < 4.78 is 11.5. The molecule has 0 heterocycles. The Morgan fingerprint density at radius 2 is 1.89 bits per heavy atom. The van der Waals surface area contributed by atoms with Gasteiger partial charge in [-0.25, -0.2) is 0 Å².